The third-order valence-corrected chi connectivity index (χ3v) is 12.9. The first-order valence-electron chi connectivity index (χ1n) is 25.8. The van der Waals surface area contributed by atoms with Crippen LogP contribution in [0.25, 0.3) is 10.4 Å². The van der Waals surface area contributed by atoms with E-state index in [1.165, 1.54) is 64.2 Å². The molecule has 5 aromatic carbocycles. The number of hydrogen-bond acceptors (Lipinski definition) is 7. The molecule has 1 aliphatic heterocycles. The van der Waals surface area contributed by atoms with Crippen LogP contribution in [0.1, 0.15) is 125 Å². The van der Waals surface area contributed by atoms with E-state index in [1.807, 2.05) is 91.0 Å². The zero-order chi connectivity index (χ0) is 47.8. The van der Waals surface area contributed by atoms with Crippen molar-refractivity contribution in [3.05, 3.63) is 202 Å². The quantitative estimate of drug-likeness (QED) is 0.0134. The van der Waals surface area contributed by atoms with Gasteiger partial charge in [0.2, 0.25) is 0 Å². The van der Waals surface area contributed by atoms with Gasteiger partial charge in [-0.15, -0.1) is 0 Å². The summed E-state index contributed by atoms with van der Waals surface area (Å²) in [5.74, 6) is 0. The van der Waals surface area contributed by atoms with E-state index in [-0.39, 0.29) is 6.61 Å². The zero-order valence-electron chi connectivity index (χ0n) is 41.1. The highest BCUT2D eigenvalue weighted by Crippen LogP contribution is 2.34. The lowest BCUT2D eigenvalue weighted by Gasteiger charge is -2.46. The van der Waals surface area contributed by atoms with Crippen molar-refractivity contribution in [3.63, 3.8) is 0 Å². The van der Waals surface area contributed by atoms with E-state index >= 15 is 0 Å². The maximum absolute atomic E-state index is 10.1. The van der Waals surface area contributed by atoms with Crippen LogP contribution in [0.2, 0.25) is 0 Å². The Morgan fingerprint density at radius 3 is 1.42 bits per heavy atom. The molecule has 1 aliphatic rings. The maximum Gasteiger partial charge on any atom is 0.115 e. The second kappa shape index (κ2) is 32.7. The van der Waals surface area contributed by atoms with Gasteiger partial charge in [-0.3, -0.25) is 0 Å². The molecule has 1 heterocycles. The summed E-state index contributed by atoms with van der Waals surface area (Å²) in [6, 6.07) is 50.4. The van der Waals surface area contributed by atoms with Crippen LogP contribution in [-0.4, -0.2) is 49.3 Å². The molecule has 0 radical (unpaired) electrons. The van der Waals surface area contributed by atoms with Crippen LogP contribution in [-0.2, 0) is 61.5 Å². The highest BCUT2D eigenvalue weighted by molar-refractivity contribution is 5.17. The maximum atomic E-state index is 10.1. The number of ether oxygens (including phenoxy) is 6. The van der Waals surface area contributed by atoms with Crippen molar-refractivity contribution in [1.29, 1.82) is 0 Å². The van der Waals surface area contributed by atoms with Gasteiger partial charge in [-0.1, -0.05) is 240 Å². The predicted octanol–water partition coefficient (Wildman–Crippen LogP) is 15.0. The minimum Gasteiger partial charge on any atom is -0.374 e. The Balaban J connectivity index is 1.22. The molecule has 0 amide bonds. The molecule has 6 rings (SSSR count). The van der Waals surface area contributed by atoms with Gasteiger partial charge in [0.1, 0.15) is 24.4 Å². The number of hydrogen-bond donors (Lipinski definition) is 0. The standard InChI is InChI=1S/C60H77N3O6/c1-2-3-4-5-6-7-8-9-10-11-12-13-29-40-55(65-44-50-32-21-15-22-33-50)54(62-63-61)41-42-56-58(66-45-51-34-23-16-24-35-51)60(68-47-53-38-27-18-28-39-53)59(67-46-52-36-25-17-26-37-52)57(69-56)48-64-43-49-30-19-14-20-31-49/h14-40,54-60H,2-13,41-48H2,1H3/b40-29+/t54-,55+,56-,57+,58-,59-,60+/m0/s1. The molecule has 0 saturated carbocycles. The second-order valence-electron chi connectivity index (χ2n) is 18.4. The third-order valence-electron chi connectivity index (χ3n) is 12.9. The van der Waals surface area contributed by atoms with E-state index in [1.54, 1.807) is 0 Å². The van der Waals surface area contributed by atoms with Gasteiger partial charge >= 0.3 is 0 Å². The molecule has 9 nitrogen and oxygen atoms in total. The molecule has 0 unspecified atom stereocenters. The fourth-order valence-electron chi connectivity index (χ4n) is 9.02. The summed E-state index contributed by atoms with van der Waals surface area (Å²) in [7, 11) is 0. The second-order valence-corrected chi connectivity index (χ2v) is 18.4. The minimum absolute atomic E-state index is 0.270. The fourth-order valence-corrected chi connectivity index (χ4v) is 9.02. The first-order chi connectivity index (χ1) is 34.2. The predicted molar refractivity (Wildman–Crippen MR) is 277 cm³/mol. The molecule has 0 aliphatic carbocycles. The lowest BCUT2D eigenvalue weighted by atomic mass is 9.90. The van der Waals surface area contributed by atoms with E-state index < -0.39 is 42.7 Å². The van der Waals surface area contributed by atoms with Crippen LogP contribution in [0, 0.1) is 0 Å². The minimum atomic E-state index is -0.549. The largest absolute Gasteiger partial charge is 0.374 e. The van der Waals surface area contributed by atoms with Gasteiger partial charge in [0, 0.05) is 4.91 Å². The molecular weight excluding hydrogens is 859 g/mol. The van der Waals surface area contributed by atoms with Gasteiger partial charge in [0.15, 0.2) is 0 Å². The van der Waals surface area contributed by atoms with Crippen LogP contribution in [0.4, 0.5) is 0 Å². The lowest BCUT2D eigenvalue weighted by molar-refractivity contribution is -0.273. The Labute approximate surface area is 413 Å². The summed E-state index contributed by atoms with van der Waals surface area (Å²) in [4.78, 5) is 3.39. The summed E-state index contributed by atoms with van der Waals surface area (Å²) >= 11 is 0. The molecule has 0 spiro atoms. The van der Waals surface area contributed by atoms with Crippen molar-refractivity contribution in [2.75, 3.05) is 6.61 Å². The molecule has 69 heavy (non-hydrogen) atoms. The molecule has 0 bridgehead atoms. The van der Waals surface area contributed by atoms with Crippen LogP contribution < -0.4 is 0 Å². The van der Waals surface area contributed by atoms with E-state index in [4.69, 9.17) is 28.4 Å². The highest BCUT2D eigenvalue weighted by Gasteiger charge is 2.48. The van der Waals surface area contributed by atoms with E-state index in [9.17, 15) is 5.53 Å². The highest BCUT2D eigenvalue weighted by atomic mass is 16.6. The van der Waals surface area contributed by atoms with Crippen LogP contribution >= 0.6 is 0 Å². The third kappa shape index (κ3) is 20.0. The SMILES string of the molecule is CCCCCCCCCCCCC/C=C/[C@@H](OCc1ccccc1)[C@H](CC[C@@H]1O[C@H](COCc2ccccc2)[C@H](OCc2ccccc2)[C@H](OCc2ccccc2)[C@H]1OCc1ccccc1)N=[N+]=[N-]. The zero-order valence-corrected chi connectivity index (χ0v) is 41.1. The Kier molecular flexibility index (Phi) is 25.2. The van der Waals surface area contributed by atoms with E-state index in [0.717, 1.165) is 40.7 Å². The number of rotatable bonds is 34. The molecule has 9 heteroatoms. The Morgan fingerprint density at radius 2 is 0.942 bits per heavy atom. The summed E-state index contributed by atoms with van der Waals surface area (Å²) in [5.41, 5.74) is 15.3. The molecular formula is C60H77N3O6. The van der Waals surface area contributed by atoms with Gasteiger partial charge in [-0.2, -0.15) is 0 Å². The number of azide groups is 1. The number of unbranched alkanes of at least 4 members (excludes halogenated alkanes) is 11. The van der Waals surface area contributed by atoms with Crippen LogP contribution in [0.3, 0.4) is 0 Å². The van der Waals surface area contributed by atoms with Gasteiger partial charge in [-0.05, 0) is 59.0 Å². The number of nitrogens with zero attached hydrogens (tertiary/aromatic N) is 3. The number of allylic oxidation sites excluding steroid dienone is 1. The fraction of sp³-hybridized carbons (Fsp3) is 0.467. The van der Waals surface area contributed by atoms with Crippen molar-refractivity contribution < 1.29 is 28.4 Å². The summed E-state index contributed by atoms with van der Waals surface area (Å²) in [6.07, 6.45) is 17.5. The van der Waals surface area contributed by atoms with Gasteiger partial charge in [-0.25, -0.2) is 0 Å². The normalized spacial score (nSPS) is 19.0. The molecule has 368 valence electrons. The van der Waals surface area contributed by atoms with E-state index in [2.05, 4.69) is 89.8 Å². The van der Waals surface area contributed by atoms with Crippen molar-refractivity contribution in [2.24, 2.45) is 5.11 Å². The summed E-state index contributed by atoms with van der Waals surface area (Å²) in [6.45, 7) is 4.42. The van der Waals surface area contributed by atoms with Crippen molar-refractivity contribution in [1.82, 2.24) is 0 Å². The van der Waals surface area contributed by atoms with Crippen molar-refractivity contribution in [2.45, 2.75) is 173 Å². The topological polar surface area (TPSA) is 104 Å². The summed E-state index contributed by atoms with van der Waals surface area (Å²) < 4.78 is 41.2. The molecule has 1 fully saturated rings. The molecule has 0 aromatic heterocycles. The first kappa shape index (κ1) is 53.3. The Bertz CT molecular complexity index is 2120. The van der Waals surface area contributed by atoms with Gasteiger partial charge in [0.05, 0.1) is 57.9 Å². The Hall–Kier alpha value is -5.09. The van der Waals surface area contributed by atoms with Crippen LogP contribution in [0.15, 0.2) is 169 Å². The molecule has 1 saturated heterocycles. The summed E-state index contributed by atoms with van der Waals surface area (Å²) in [5, 5.41) is 4.42. The average molecular weight is 936 g/mol. The first-order valence-corrected chi connectivity index (χ1v) is 25.8. The van der Waals surface area contributed by atoms with Gasteiger partial charge in [0.25, 0.3) is 0 Å². The smallest absolute Gasteiger partial charge is 0.115 e. The average Bonchev–Trinajstić information content (AvgIpc) is 3.40. The lowest BCUT2D eigenvalue weighted by Crippen LogP contribution is -2.61. The molecule has 7 atom stereocenters. The monoisotopic (exact) mass is 936 g/mol. The molecule has 5 aromatic rings. The molecule has 0 N–H and O–H groups in total. The van der Waals surface area contributed by atoms with Crippen LogP contribution in [0.5, 0.6) is 0 Å². The van der Waals surface area contributed by atoms with Gasteiger partial charge < -0.3 is 28.4 Å². The van der Waals surface area contributed by atoms with Crippen molar-refractivity contribution >= 4 is 0 Å². The number of benzene rings is 5. The van der Waals surface area contributed by atoms with E-state index in [0.29, 0.717) is 45.9 Å². The van der Waals surface area contributed by atoms with Crippen molar-refractivity contribution in [3.8, 4) is 0 Å². The Morgan fingerprint density at radius 1 is 0.522 bits per heavy atom.